The van der Waals surface area contributed by atoms with E-state index in [2.05, 4.69) is 12.2 Å². The van der Waals surface area contributed by atoms with E-state index in [1.54, 1.807) is 6.07 Å². The maximum atomic E-state index is 6.01. The highest BCUT2D eigenvalue weighted by atomic mass is 35.5. The van der Waals surface area contributed by atoms with Crippen LogP contribution in [0.15, 0.2) is 18.2 Å². The van der Waals surface area contributed by atoms with Crippen LogP contribution in [0.5, 0.6) is 0 Å². The van der Waals surface area contributed by atoms with E-state index in [1.807, 2.05) is 12.1 Å². The first kappa shape index (κ1) is 11.6. The predicted molar refractivity (Wildman–Crippen MR) is 63.2 cm³/mol. The van der Waals surface area contributed by atoms with Crippen molar-refractivity contribution >= 4 is 28.9 Å². The van der Waals surface area contributed by atoms with Crippen molar-refractivity contribution in [3.63, 3.8) is 0 Å². The van der Waals surface area contributed by atoms with Gasteiger partial charge >= 0.3 is 0 Å². The highest BCUT2D eigenvalue weighted by Gasteiger charge is 2.06. The summed E-state index contributed by atoms with van der Waals surface area (Å²) in [6.45, 7) is 2.72. The predicted octanol–water partition coefficient (Wildman–Crippen LogP) is 3.14. The van der Waals surface area contributed by atoms with E-state index in [-0.39, 0.29) is 0 Å². The van der Waals surface area contributed by atoms with E-state index in [0.29, 0.717) is 22.6 Å². The Bertz CT molecular complexity index is 302. The quantitative estimate of drug-likeness (QED) is 0.838. The molecule has 4 heteroatoms. The third-order valence-corrected chi connectivity index (χ3v) is 2.77. The van der Waals surface area contributed by atoms with Crippen molar-refractivity contribution in [2.75, 3.05) is 11.9 Å². The molecule has 0 aromatic heterocycles. The highest BCUT2D eigenvalue weighted by molar-refractivity contribution is 6.43. The van der Waals surface area contributed by atoms with Crippen LogP contribution >= 0.6 is 23.2 Å². The van der Waals surface area contributed by atoms with Gasteiger partial charge in [0.15, 0.2) is 0 Å². The lowest BCUT2D eigenvalue weighted by atomic mass is 10.2. The normalized spacial score (nSPS) is 12.6. The minimum absolute atomic E-state index is 0.302. The standard InChI is InChI=1S/C10H14Cl2N2/c1-7(5-6-13)14-9-4-2-3-8(11)10(9)12/h2-4,7,14H,5-6,13H2,1H3. The Labute approximate surface area is 94.4 Å². The first-order valence-corrected chi connectivity index (χ1v) is 5.31. The molecule has 0 saturated heterocycles. The SMILES string of the molecule is CC(CCN)Nc1cccc(Cl)c1Cl. The molecule has 0 amide bonds. The molecule has 0 radical (unpaired) electrons. The molecule has 78 valence electrons. The van der Waals surface area contributed by atoms with Crippen molar-refractivity contribution in [2.24, 2.45) is 5.73 Å². The Kier molecular flexibility index (Phi) is 4.52. The van der Waals surface area contributed by atoms with Crippen LogP contribution in [-0.2, 0) is 0 Å². The van der Waals surface area contributed by atoms with Gasteiger partial charge in [-0.3, -0.25) is 0 Å². The fourth-order valence-electron chi connectivity index (χ4n) is 1.20. The maximum Gasteiger partial charge on any atom is 0.0823 e. The van der Waals surface area contributed by atoms with Crippen molar-refractivity contribution < 1.29 is 0 Å². The first-order chi connectivity index (χ1) is 6.65. The number of hydrogen-bond acceptors (Lipinski definition) is 2. The van der Waals surface area contributed by atoms with Gasteiger partial charge in [-0.1, -0.05) is 29.3 Å². The molecule has 1 rings (SSSR count). The van der Waals surface area contributed by atoms with Crippen LogP contribution in [0.1, 0.15) is 13.3 Å². The second-order valence-corrected chi connectivity index (χ2v) is 4.01. The maximum absolute atomic E-state index is 6.01. The number of nitrogens with two attached hydrogens (primary N) is 1. The third-order valence-electron chi connectivity index (χ3n) is 1.95. The van der Waals surface area contributed by atoms with Crippen LogP contribution in [0.3, 0.4) is 0 Å². The molecule has 0 aliphatic heterocycles. The van der Waals surface area contributed by atoms with Gasteiger partial charge in [-0.05, 0) is 32.0 Å². The van der Waals surface area contributed by atoms with Gasteiger partial charge in [-0.2, -0.15) is 0 Å². The summed E-state index contributed by atoms with van der Waals surface area (Å²) in [5.74, 6) is 0. The Morgan fingerprint density at radius 1 is 1.43 bits per heavy atom. The number of rotatable bonds is 4. The number of benzene rings is 1. The molecular weight excluding hydrogens is 219 g/mol. The lowest BCUT2D eigenvalue weighted by Gasteiger charge is -2.15. The molecule has 0 aliphatic rings. The summed E-state index contributed by atoms with van der Waals surface area (Å²) in [4.78, 5) is 0. The number of hydrogen-bond donors (Lipinski definition) is 2. The van der Waals surface area contributed by atoms with Gasteiger partial charge in [0.2, 0.25) is 0 Å². The third kappa shape index (κ3) is 3.05. The molecule has 14 heavy (non-hydrogen) atoms. The Hall–Kier alpha value is -0.440. The van der Waals surface area contributed by atoms with E-state index >= 15 is 0 Å². The monoisotopic (exact) mass is 232 g/mol. The summed E-state index contributed by atoms with van der Waals surface area (Å²) in [5.41, 5.74) is 6.31. The molecule has 1 atom stereocenters. The van der Waals surface area contributed by atoms with Crippen molar-refractivity contribution in [2.45, 2.75) is 19.4 Å². The Morgan fingerprint density at radius 3 is 2.79 bits per heavy atom. The number of anilines is 1. The first-order valence-electron chi connectivity index (χ1n) is 4.55. The van der Waals surface area contributed by atoms with Gasteiger partial charge in [0.1, 0.15) is 0 Å². The minimum atomic E-state index is 0.302. The van der Waals surface area contributed by atoms with Crippen molar-refractivity contribution in [3.8, 4) is 0 Å². The molecule has 0 bridgehead atoms. The van der Waals surface area contributed by atoms with E-state index < -0.39 is 0 Å². The largest absolute Gasteiger partial charge is 0.381 e. The molecular formula is C10H14Cl2N2. The molecule has 3 N–H and O–H groups in total. The average molecular weight is 233 g/mol. The molecule has 0 spiro atoms. The molecule has 0 heterocycles. The summed E-state index contributed by atoms with van der Waals surface area (Å²) >= 11 is 11.9. The number of halogens is 2. The molecule has 2 nitrogen and oxygen atoms in total. The van der Waals surface area contributed by atoms with E-state index in [9.17, 15) is 0 Å². The van der Waals surface area contributed by atoms with Crippen LogP contribution in [0.2, 0.25) is 10.0 Å². The zero-order valence-corrected chi connectivity index (χ0v) is 9.57. The summed E-state index contributed by atoms with van der Waals surface area (Å²) < 4.78 is 0. The van der Waals surface area contributed by atoms with Crippen LogP contribution in [0, 0.1) is 0 Å². The molecule has 1 aromatic rings. The molecule has 0 fully saturated rings. The fourth-order valence-corrected chi connectivity index (χ4v) is 1.56. The molecule has 1 unspecified atom stereocenters. The summed E-state index contributed by atoms with van der Waals surface area (Å²) in [5, 5.41) is 4.39. The van der Waals surface area contributed by atoms with Crippen LogP contribution in [0.25, 0.3) is 0 Å². The number of nitrogens with one attached hydrogen (secondary N) is 1. The van der Waals surface area contributed by atoms with E-state index in [1.165, 1.54) is 0 Å². The Morgan fingerprint density at radius 2 is 2.14 bits per heavy atom. The van der Waals surface area contributed by atoms with E-state index in [0.717, 1.165) is 12.1 Å². The molecule has 0 aliphatic carbocycles. The summed E-state index contributed by atoms with van der Waals surface area (Å²) in [7, 11) is 0. The van der Waals surface area contributed by atoms with Crippen molar-refractivity contribution in [3.05, 3.63) is 28.2 Å². The smallest absolute Gasteiger partial charge is 0.0823 e. The van der Waals surface area contributed by atoms with Gasteiger partial charge in [0, 0.05) is 6.04 Å². The summed E-state index contributed by atoms with van der Waals surface area (Å²) in [6, 6.07) is 5.84. The van der Waals surface area contributed by atoms with Gasteiger partial charge < -0.3 is 11.1 Å². The highest BCUT2D eigenvalue weighted by Crippen LogP contribution is 2.29. The molecule has 1 aromatic carbocycles. The zero-order valence-electron chi connectivity index (χ0n) is 8.06. The fraction of sp³-hybridized carbons (Fsp3) is 0.400. The zero-order chi connectivity index (χ0) is 10.6. The molecule has 0 saturated carbocycles. The van der Waals surface area contributed by atoms with Gasteiger partial charge in [0.25, 0.3) is 0 Å². The van der Waals surface area contributed by atoms with Crippen LogP contribution in [-0.4, -0.2) is 12.6 Å². The van der Waals surface area contributed by atoms with Gasteiger partial charge in [0.05, 0.1) is 15.7 Å². The Balaban J connectivity index is 2.71. The van der Waals surface area contributed by atoms with Gasteiger partial charge in [-0.25, -0.2) is 0 Å². The topological polar surface area (TPSA) is 38.0 Å². The van der Waals surface area contributed by atoms with Gasteiger partial charge in [-0.15, -0.1) is 0 Å². The second kappa shape index (κ2) is 5.44. The second-order valence-electron chi connectivity index (χ2n) is 3.22. The van der Waals surface area contributed by atoms with Crippen LogP contribution in [0.4, 0.5) is 5.69 Å². The summed E-state index contributed by atoms with van der Waals surface area (Å²) in [6.07, 6.45) is 0.906. The van der Waals surface area contributed by atoms with E-state index in [4.69, 9.17) is 28.9 Å². The average Bonchev–Trinajstić information content (AvgIpc) is 2.13. The lowest BCUT2D eigenvalue weighted by molar-refractivity contribution is 0.717. The van der Waals surface area contributed by atoms with Crippen LogP contribution < -0.4 is 11.1 Å². The lowest BCUT2D eigenvalue weighted by Crippen LogP contribution is -2.19. The van der Waals surface area contributed by atoms with Crippen molar-refractivity contribution in [1.29, 1.82) is 0 Å². The van der Waals surface area contributed by atoms with Crippen molar-refractivity contribution in [1.82, 2.24) is 0 Å². The minimum Gasteiger partial charge on any atom is -0.381 e.